The van der Waals surface area contributed by atoms with Crippen LogP contribution in [0.2, 0.25) is 0 Å². The van der Waals surface area contributed by atoms with Gasteiger partial charge < -0.3 is 14.5 Å². The topological polar surface area (TPSA) is 122 Å². The van der Waals surface area contributed by atoms with Gasteiger partial charge in [-0.15, -0.1) is 5.10 Å². The normalized spacial score (nSPS) is 11.7. The van der Waals surface area contributed by atoms with Gasteiger partial charge in [-0.1, -0.05) is 0 Å². The van der Waals surface area contributed by atoms with Gasteiger partial charge in [-0.2, -0.15) is 4.98 Å². The Bertz CT molecular complexity index is 592. The lowest BCUT2D eigenvalue weighted by Crippen LogP contribution is -2.41. The molecule has 1 atom stereocenters. The molecule has 0 saturated heterocycles. The minimum Gasteiger partial charge on any atom is -0.466 e. The van der Waals surface area contributed by atoms with Gasteiger partial charge in [-0.05, 0) is 19.1 Å². The second-order valence-electron chi connectivity index (χ2n) is 3.83. The molecule has 2 aromatic rings. The van der Waals surface area contributed by atoms with Gasteiger partial charge in [0.05, 0.1) is 13.4 Å². The maximum atomic E-state index is 11.8. The summed E-state index contributed by atoms with van der Waals surface area (Å²) in [6.07, 6.45) is 1.38. The number of aromatic nitrogens is 3. The Balaban J connectivity index is 1.90. The summed E-state index contributed by atoms with van der Waals surface area (Å²) in [6, 6.07) is 2.41. The first-order valence-electron chi connectivity index (χ1n) is 5.71. The number of amides is 2. The van der Waals surface area contributed by atoms with Gasteiger partial charge in [-0.25, -0.2) is 5.10 Å². The van der Waals surface area contributed by atoms with Crippen LogP contribution in [0, 0.1) is 0 Å². The summed E-state index contributed by atoms with van der Waals surface area (Å²) in [5.74, 6) is -0.673. The Morgan fingerprint density at radius 1 is 1.50 bits per heavy atom. The molecule has 0 aliphatic carbocycles. The fourth-order valence-electron chi connectivity index (χ4n) is 1.36. The van der Waals surface area contributed by atoms with Crippen LogP contribution in [0.4, 0.5) is 5.95 Å². The number of rotatable bonds is 5. The average Bonchev–Trinajstić information content (AvgIpc) is 3.09. The largest absolute Gasteiger partial charge is 0.466 e. The van der Waals surface area contributed by atoms with Gasteiger partial charge in [0, 0.05) is 0 Å². The molecular weight excluding hydrogens is 266 g/mol. The first kappa shape index (κ1) is 13.6. The van der Waals surface area contributed by atoms with E-state index in [0.29, 0.717) is 0 Å². The van der Waals surface area contributed by atoms with E-state index in [4.69, 9.17) is 9.15 Å². The van der Waals surface area contributed by atoms with Gasteiger partial charge in [0.1, 0.15) is 6.04 Å². The maximum absolute atomic E-state index is 11.8. The van der Waals surface area contributed by atoms with Crippen molar-refractivity contribution in [2.45, 2.75) is 13.0 Å². The second kappa shape index (κ2) is 5.87. The van der Waals surface area contributed by atoms with Crippen molar-refractivity contribution in [1.82, 2.24) is 20.5 Å². The Hall–Kier alpha value is -2.84. The van der Waals surface area contributed by atoms with E-state index in [-0.39, 0.29) is 17.7 Å². The number of carbonyl (C=O) groups is 2. The van der Waals surface area contributed by atoms with Crippen molar-refractivity contribution in [2.75, 3.05) is 12.4 Å². The fourth-order valence-corrected chi connectivity index (χ4v) is 1.36. The molecule has 9 nitrogen and oxygen atoms in total. The predicted octanol–water partition coefficient (Wildman–Crippen LogP) is 0.163. The molecule has 0 bridgehead atoms. The molecule has 3 N–H and O–H groups in total. The molecule has 0 spiro atoms. The van der Waals surface area contributed by atoms with Crippen LogP contribution in [0.1, 0.15) is 17.5 Å². The molecule has 0 aromatic carbocycles. The number of nitrogens with zero attached hydrogens (tertiary/aromatic N) is 2. The number of H-pyrrole nitrogens is 1. The quantitative estimate of drug-likeness (QED) is 0.716. The third-order valence-corrected chi connectivity index (χ3v) is 2.37. The lowest BCUT2D eigenvalue weighted by molar-refractivity contribution is -0.117. The van der Waals surface area contributed by atoms with Crippen molar-refractivity contribution in [2.24, 2.45) is 0 Å². The Morgan fingerprint density at radius 3 is 2.90 bits per heavy atom. The minimum absolute atomic E-state index is 0.104. The highest BCUT2D eigenvalue weighted by Crippen LogP contribution is 2.05. The molecule has 9 heteroatoms. The summed E-state index contributed by atoms with van der Waals surface area (Å²) in [4.78, 5) is 27.3. The van der Waals surface area contributed by atoms with Gasteiger partial charge in [-0.3, -0.25) is 14.9 Å². The van der Waals surface area contributed by atoms with Crippen molar-refractivity contribution < 1.29 is 18.7 Å². The molecular formula is C11H13N5O4. The van der Waals surface area contributed by atoms with E-state index in [1.807, 2.05) is 0 Å². The molecule has 0 fully saturated rings. The number of carbonyl (C=O) groups excluding carboxylic acids is 2. The number of aromatic amines is 1. The van der Waals surface area contributed by atoms with Crippen molar-refractivity contribution in [3.8, 4) is 6.01 Å². The molecule has 0 saturated carbocycles. The number of hydrogen-bond acceptors (Lipinski definition) is 6. The van der Waals surface area contributed by atoms with Crippen LogP contribution in [0.3, 0.4) is 0 Å². The molecule has 0 aliphatic rings. The van der Waals surface area contributed by atoms with Crippen molar-refractivity contribution in [1.29, 1.82) is 0 Å². The zero-order valence-corrected chi connectivity index (χ0v) is 10.8. The van der Waals surface area contributed by atoms with Gasteiger partial charge in [0.2, 0.25) is 11.9 Å². The van der Waals surface area contributed by atoms with Crippen LogP contribution in [0.15, 0.2) is 22.8 Å². The molecule has 2 amide bonds. The first-order chi connectivity index (χ1) is 9.60. The van der Waals surface area contributed by atoms with Crippen LogP contribution in [-0.2, 0) is 4.79 Å². The van der Waals surface area contributed by atoms with E-state index in [1.165, 1.54) is 26.4 Å². The van der Waals surface area contributed by atoms with Crippen LogP contribution >= 0.6 is 0 Å². The minimum atomic E-state index is -0.774. The predicted molar refractivity (Wildman–Crippen MR) is 67.2 cm³/mol. The smallest absolute Gasteiger partial charge is 0.336 e. The van der Waals surface area contributed by atoms with E-state index in [1.54, 1.807) is 6.07 Å². The Labute approximate surface area is 113 Å². The van der Waals surface area contributed by atoms with Crippen LogP contribution in [-0.4, -0.2) is 40.1 Å². The zero-order valence-electron chi connectivity index (χ0n) is 10.8. The van der Waals surface area contributed by atoms with E-state index in [0.717, 1.165) is 0 Å². The van der Waals surface area contributed by atoms with E-state index < -0.39 is 17.9 Å². The lowest BCUT2D eigenvalue weighted by Gasteiger charge is -2.11. The fraction of sp³-hybridized carbons (Fsp3) is 0.273. The standard InChI is InChI=1S/C11H13N5O4/c1-6(12-9(18)7-4-3-5-20-7)8(17)13-10-14-11(19-2)16-15-10/h3-6H,1-2H3,(H,12,18)(H2,13,14,15,16,17). The molecule has 20 heavy (non-hydrogen) atoms. The molecule has 2 heterocycles. The molecule has 2 rings (SSSR count). The molecule has 2 aromatic heterocycles. The van der Waals surface area contributed by atoms with E-state index in [2.05, 4.69) is 25.8 Å². The number of hydrogen-bond donors (Lipinski definition) is 3. The summed E-state index contributed by atoms with van der Waals surface area (Å²) in [6.45, 7) is 1.53. The third-order valence-electron chi connectivity index (χ3n) is 2.37. The van der Waals surface area contributed by atoms with Crippen LogP contribution in [0.5, 0.6) is 6.01 Å². The van der Waals surface area contributed by atoms with Gasteiger partial charge >= 0.3 is 6.01 Å². The van der Waals surface area contributed by atoms with E-state index >= 15 is 0 Å². The van der Waals surface area contributed by atoms with Crippen LogP contribution < -0.4 is 15.4 Å². The Morgan fingerprint density at radius 2 is 2.30 bits per heavy atom. The highest BCUT2D eigenvalue weighted by Gasteiger charge is 2.19. The molecule has 0 aliphatic heterocycles. The summed E-state index contributed by atoms with van der Waals surface area (Å²) >= 11 is 0. The second-order valence-corrected chi connectivity index (χ2v) is 3.83. The average molecular weight is 279 g/mol. The summed E-state index contributed by atoms with van der Waals surface area (Å²) in [5, 5.41) is 11.1. The van der Waals surface area contributed by atoms with Crippen molar-refractivity contribution in [3.63, 3.8) is 0 Å². The SMILES string of the molecule is COc1n[nH]c(NC(=O)C(C)NC(=O)c2ccco2)n1. The zero-order chi connectivity index (χ0) is 14.5. The number of methoxy groups -OCH3 is 1. The highest BCUT2D eigenvalue weighted by atomic mass is 16.5. The van der Waals surface area contributed by atoms with Gasteiger partial charge in [0.25, 0.3) is 5.91 Å². The number of furan rings is 1. The first-order valence-corrected chi connectivity index (χ1v) is 5.71. The Kier molecular flexibility index (Phi) is 3.99. The van der Waals surface area contributed by atoms with Gasteiger partial charge in [0.15, 0.2) is 5.76 Å². The maximum Gasteiger partial charge on any atom is 0.336 e. The molecule has 106 valence electrons. The lowest BCUT2D eigenvalue weighted by atomic mass is 10.3. The summed E-state index contributed by atoms with van der Waals surface area (Å²) in [7, 11) is 1.40. The molecule has 1 unspecified atom stereocenters. The van der Waals surface area contributed by atoms with Crippen LogP contribution in [0.25, 0.3) is 0 Å². The number of anilines is 1. The summed E-state index contributed by atoms with van der Waals surface area (Å²) in [5.41, 5.74) is 0. The third kappa shape index (κ3) is 3.13. The van der Waals surface area contributed by atoms with Crippen molar-refractivity contribution >= 4 is 17.8 Å². The summed E-state index contributed by atoms with van der Waals surface area (Å²) < 4.78 is 9.69. The highest BCUT2D eigenvalue weighted by molar-refractivity contribution is 5.99. The monoisotopic (exact) mass is 279 g/mol. The number of nitrogens with one attached hydrogen (secondary N) is 3. The van der Waals surface area contributed by atoms with Crippen molar-refractivity contribution in [3.05, 3.63) is 24.2 Å². The molecule has 0 radical (unpaired) electrons. The number of ether oxygens (including phenoxy) is 1. The van der Waals surface area contributed by atoms with E-state index in [9.17, 15) is 9.59 Å².